The lowest BCUT2D eigenvalue weighted by atomic mass is 9.66. The molecule has 34 heteroatoms. The van der Waals surface area contributed by atoms with Gasteiger partial charge in [-0.3, -0.25) is 24.4 Å². The van der Waals surface area contributed by atoms with Crippen LogP contribution in [0.25, 0.3) is 90.3 Å². The van der Waals surface area contributed by atoms with Crippen LogP contribution in [0.1, 0.15) is 232 Å². The van der Waals surface area contributed by atoms with Gasteiger partial charge >= 0.3 is 0 Å². The van der Waals surface area contributed by atoms with Gasteiger partial charge in [-0.1, -0.05) is 100 Å². The number of aromatic nitrogens is 21. The van der Waals surface area contributed by atoms with Gasteiger partial charge in [0.1, 0.15) is 69.6 Å². The minimum absolute atomic E-state index is 0.104. The molecule has 16 aromatic rings. The van der Waals surface area contributed by atoms with E-state index in [2.05, 4.69) is 148 Å². The van der Waals surface area contributed by atoms with Gasteiger partial charge in [-0.15, -0.1) is 20.4 Å². The first-order chi connectivity index (χ1) is 70.0. The van der Waals surface area contributed by atoms with Gasteiger partial charge in [0.2, 0.25) is 11.8 Å². The first-order valence-corrected chi connectivity index (χ1v) is 49.0. The quantitative estimate of drug-likeness (QED) is 0.0633. The van der Waals surface area contributed by atoms with Crippen molar-refractivity contribution < 1.29 is 49.8 Å². The van der Waals surface area contributed by atoms with Gasteiger partial charge in [0.15, 0.2) is 5.82 Å². The van der Waals surface area contributed by atoms with Gasteiger partial charge in [0.05, 0.1) is 161 Å². The largest absolute Gasteiger partial charge is 0.478 e. The Morgan fingerprint density at radius 1 is 0.411 bits per heavy atom. The number of amides is 1. The molecular formula is C112H103F8N23O3. The number of hydrogen-bond acceptors (Lipinski definition) is 24. The average Bonchev–Trinajstić information content (AvgIpc) is 1.53. The molecule has 4 saturated carbocycles. The van der Waals surface area contributed by atoms with Crippen molar-refractivity contribution in [2.24, 2.45) is 27.6 Å². The zero-order valence-electron chi connectivity index (χ0n) is 82.2. The zero-order valence-corrected chi connectivity index (χ0v) is 82.2. The average molecular weight is 1970 g/mol. The summed E-state index contributed by atoms with van der Waals surface area (Å²) in [6.07, 6.45) is 26.5. The van der Waals surface area contributed by atoms with Crippen molar-refractivity contribution >= 4 is 17.5 Å². The number of pyridine rings is 3. The van der Waals surface area contributed by atoms with Crippen molar-refractivity contribution in [3.8, 4) is 96.2 Å². The summed E-state index contributed by atoms with van der Waals surface area (Å²) in [6, 6.07) is 37.2. The molecule has 8 aliphatic rings. The van der Waals surface area contributed by atoms with Gasteiger partial charge in [0, 0.05) is 78.2 Å². The fourth-order valence-electron chi connectivity index (χ4n) is 25.0. The Bertz CT molecular complexity index is 7750. The molecule has 8 aliphatic carbocycles. The van der Waals surface area contributed by atoms with Crippen molar-refractivity contribution in [3.63, 3.8) is 0 Å². The molecule has 12 aromatic heterocycles. The summed E-state index contributed by atoms with van der Waals surface area (Å²) < 4.78 is 123. The number of fused-ring (bicyclic) bond motifs is 20. The van der Waals surface area contributed by atoms with E-state index >= 15 is 0 Å². The van der Waals surface area contributed by atoms with E-state index in [1.165, 1.54) is 72.8 Å². The molecule has 0 unspecified atom stereocenters. The van der Waals surface area contributed by atoms with Gasteiger partial charge in [-0.25, -0.2) is 75.0 Å². The van der Waals surface area contributed by atoms with Crippen LogP contribution in [-0.4, -0.2) is 129 Å². The van der Waals surface area contributed by atoms with Crippen LogP contribution in [0, 0.1) is 74.1 Å². The van der Waals surface area contributed by atoms with Gasteiger partial charge < -0.3 is 20.9 Å². The van der Waals surface area contributed by atoms with E-state index in [9.17, 15) is 45.0 Å². The van der Waals surface area contributed by atoms with E-state index in [1.54, 1.807) is 104 Å². The van der Waals surface area contributed by atoms with E-state index in [4.69, 9.17) is 30.4 Å². The molecule has 146 heavy (non-hydrogen) atoms. The molecule has 4 aromatic carbocycles. The molecule has 740 valence electrons. The molecule has 0 radical (unpaired) electrons. The van der Waals surface area contributed by atoms with Gasteiger partial charge in [-0.05, 0) is 248 Å². The van der Waals surface area contributed by atoms with Crippen molar-refractivity contribution in [3.05, 3.63) is 328 Å². The van der Waals surface area contributed by atoms with Crippen molar-refractivity contribution in [2.45, 2.75) is 199 Å². The number of aliphatic hydroxyl groups is 1. The summed E-state index contributed by atoms with van der Waals surface area (Å²) >= 11 is 0. The topological polar surface area (TPSA) is 347 Å². The second-order valence-corrected chi connectivity index (χ2v) is 41.6. The number of nitrogens with two attached hydrogens (primary N) is 1. The number of nitrogen functional groups attached to an aromatic ring is 1. The maximum atomic E-state index is 14.5. The number of hydrogen-bond donors (Lipinski definition) is 3. The Morgan fingerprint density at radius 2 is 0.781 bits per heavy atom. The fourth-order valence-corrected chi connectivity index (χ4v) is 25.0. The Labute approximate surface area is 836 Å². The number of carbonyl (C=O) groups is 1. The highest BCUT2D eigenvalue weighted by atomic mass is 19.2. The SMILES string of the molecule is CC(C)C(=O)Nc1ccc(-c2nccc([C@@]34CC[C@@H](c5cc(-c6c(F)cccc6F)nnc53)C4(C)C)n2)cn1.CC1(C)[C@H]2CC[C@]1(c1cncc(-c3ccc(N)nc3)n1)c1nnc(-c3c(F)cccc3F)cc12.CCCOc1ccc(-c2cncc([C@@]34CC[C@@H](c5cc(-c6c(F)cccc6F)nnc53)C4(C)C)n2)cn1.C[C@@H](O)Cn1ccc(-c2cncc([C@@]34CC[C@@H](c5cc(-c6c(F)cccc6F)nnc53)C4(C)C)n2)n1. The summed E-state index contributed by atoms with van der Waals surface area (Å²) in [7, 11) is 0. The van der Waals surface area contributed by atoms with Crippen LogP contribution in [-0.2, 0) is 33.0 Å². The number of nitrogens with zero attached hydrogens (tertiary/aromatic N) is 21. The molecule has 4 N–H and O–H groups in total. The van der Waals surface area contributed by atoms with Crippen LogP contribution in [0.3, 0.4) is 0 Å². The molecule has 8 bridgehead atoms. The Balaban J connectivity index is 0.000000115. The molecule has 0 spiro atoms. The molecule has 4 fully saturated rings. The van der Waals surface area contributed by atoms with E-state index in [-0.39, 0.29) is 102 Å². The predicted octanol–water partition coefficient (Wildman–Crippen LogP) is 22.1. The van der Waals surface area contributed by atoms with Crippen molar-refractivity contribution in [1.29, 1.82) is 0 Å². The number of benzene rings is 4. The number of aliphatic hydroxyl groups excluding tert-OH is 1. The maximum Gasteiger partial charge on any atom is 0.228 e. The second-order valence-electron chi connectivity index (χ2n) is 41.6. The first-order valence-electron chi connectivity index (χ1n) is 49.0. The van der Waals surface area contributed by atoms with E-state index in [0.29, 0.717) is 59.3 Å². The fraction of sp³-hybridized carbons (Fsp3) is 0.330. The van der Waals surface area contributed by atoms with E-state index in [1.807, 2.05) is 62.5 Å². The van der Waals surface area contributed by atoms with E-state index < -0.39 is 74.3 Å². The summed E-state index contributed by atoms with van der Waals surface area (Å²) in [5, 5.41) is 52.6. The summed E-state index contributed by atoms with van der Waals surface area (Å²) in [5.74, 6) is -2.88. The Hall–Kier alpha value is -15.4. The van der Waals surface area contributed by atoms with Gasteiger partial charge in [-0.2, -0.15) is 25.5 Å². The minimum atomic E-state index is -0.662. The standard InChI is InChI=1S/C30H28F2N6O.C29H27F2N5O.C27H26F2N6O.C26H22F2N6/c1-16(2)28(39)36-24-9-8-17(15-34-24)27-33-13-11-23(35-27)30-12-10-19(29(30,3)4)18-14-22(37-38-26(18)30)25-20(31)6-5-7-21(25)32;1-4-12-37-25-9-8-17(14-33-25)23-15-32-16-24(34-23)29-11-10-19(28(29,2)3)18-13-22(35-36-27(18)29)26-20(30)6-5-7-21(26)31;1-15(36)14-35-10-8-20(34-35)22-12-30-13-23(31-22)27-9-7-17(26(27,2)3)16-11-21(32-33-25(16)27)24-18(28)5-4-6-19(24)29;1-25(2)16-8-9-26(25,21-13-30-12-20(32-21)14-6-7-22(29)31-11-14)24-15(16)10-19(33-34-24)23-17(27)4-3-5-18(23)28/h5-9,11,13-16,19H,10,12H2,1-4H3,(H,34,36,39);5-9,13-16,19H,4,10-12H2,1-3H3;4-6,8,10-13,15,17,36H,7,9,14H2,1-3H3;3-7,10-13,16H,8-9H2,1-2H3,(H2,29,31)/t19-,30-;19-,29-;15-,17+,27+;16-,26-/m0010/s1. The van der Waals surface area contributed by atoms with Crippen LogP contribution in [0.15, 0.2) is 214 Å². The number of nitrogens with one attached hydrogen (secondary N) is 1. The molecule has 1 amide bonds. The number of halogens is 8. The zero-order chi connectivity index (χ0) is 102. The maximum absolute atomic E-state index is 14.5. The van der Waals surface area contributed by atoms with Crippen LogP contribution in [0.5, 0.6) is 5.88 Å². The number of anilines is 2. The summed E-state index contributed by atoms with van der Waals surface area (Å²) in [6.45, 7) is 26.0. The van der Waals surface area contributed by atoms with Crippen molar-refractivity contribution in [1.82, 2.24) is 105 Å². The lowest BCUT2D eigenvalue weighted by Crippen LogP contribution is -2.38. The number of carbonyl (C=O) groups excluding carboxylic acids is 1. The van der Waals surface area contributed by atoms with Crippen molar-refractivity contribution in [2.75, 3.05) is 17.7 Å². The molecule has 0 saturated heterocycles. The normalized spacial score (nSPS) is 21.6. The Kier molecular flexibility index (Phi) is 24.4. The summed E-state index contributed by atoms with van der Waals surface area (Å²) in [4.78, 5) is 63.1. The number of ether oxygens (including phenoxy) is 1. The third-order valence-corrected chi connectivity index (χ3v) is 32.4. The molecule has 0 aliphatic heterocycles. The predicted molar refractivity (Wildman–Crippen MR) is 530 cm³/mol. The van der Waals surface area contributed by atoms with E-state index in [0.717, 1.165) is 142 Å². The molecule has 9 atom stereocenters. The molecular weight excluding hydrogens is 1870 g/mol. The minimum Gasteiger partial charge on any atom is -0.478 e. The third-order valence-electron chi connectivity index (χ3n) is 32.4. The molecule has 24 rings (SSSR count). The summed E-state index contributed by atoms with van der Waals surface area (Å²) in [5.41, 5.74) is 18.4. The monoisotopic (exact) mass is 1970 g/mol. The van der Waals surface area contributed by atoms with Crippen LogP contribution in [0.4, 0.5) is 46.8 Å². The smallest absolute Gasteiger partial charge is 0.228 e. The third kappa shape index (κ3) is 15.5. The second kappa shape index (κ2) is 36.7. The lowest BCUT2D eigenvalue weighted by Gasteiger charge is -2.37. The highest BCUT2D eigenvalue weighted by molar-refractivity contribution is 5.91. The highest BCUT2D eigenvalue weighted by Crippen LogP contribution is 2.74. The van der Waals surface area contributed by atoms with Crippen LogP contribution in [0.2, 0.25) is 0 Å². The van der Waals surface area contributed by atoms with Crippen LogP contribution >= 0.6 is 0 Å². The number of rotatable bonds is 19. The van der Waals surface area contributed by atoms with Crippen LogP contribution < -0.4 is 15.8 Å². The van der Waals surface area contributed by atoms with Gasteiger partial charge in [0.25, 0.3) is 0 Å². The molecule has 26 nitrogen and oxygen atoms in total. The lowest BCUT2D eigenvalue weighted by molar-refractivity contribution is -0.118. The molecule has 12 heterocycles. The highest BCUT2D eigenvalue weighted by Gasteiger charge is 2.69. The Morgan fingerprint density at radius 3 is 1.14 bits per heavy atom. The first kappa shape index (κ1) is 96.8.